The van der Waals surface area contributed by atoms with E-state index < -0.39 is 89.4 Å². The number of nitrogen functional groups attached to an aromatic ring is 2. The Bertz CT molecular complexity index is 1970. The lowest BCUT2D eigenvalue weighted by molar-refractivity contribution is -0.305. The summed E-state index contributed by atoms with van der Waals surface area (Å²) in [5, 5.41) is 19.2. The highest BCUT2D eigenvalue weighted by Gasteiger charge is 2.21. The molecule has 0 aliphatic carbocycles. The minimum absolute atomic E-state index is 0. The summed E-state index contributed by atoms with van der Waals surface area (Å²) in [5.74, 6) is -7.59. The van der Waals surface area contributed by atoms with Crippen molar-refractivity contribution >= 4 is 59.4 Å². The highest BCUT2D eigenvalue weighted by atomic mass is 19.1. The fourth-order valence-electron chi connectivity index (χ4n) is 6.44. The van der Waals surface area contributed by atoms with Crippen LogP contribution in [0.1, 0.15) is 222 Å². The summed E-state index contributed by atoms with van der Waals surface area (Å²) >= 11 is 0. The number of aliphatic carboxylic acids is 2. The van der Waals surface area contributed by atoms with Crippen molar-refractivity contribution in [1.82, 2.24) is 19.9 Å². The zero-order valence-corrected chi connectivity index (χ0v) is 47.1. The van der Waals surface area contributed by atoms with Crippen LogP contribution in [0.25, 0.3) is 0 Å². The van der Waals surface area contributed by atoms with Gasteiger partial charge >= 0.3 is 53.2 Å². The van der Waals surface area contributed by atoms with Crippen LogP contribution >= 0.6 is 0 Å². The van der Waals surface area contributed by atoms with E-state index in [9.17, 15) is 61.8 Å². The number of ether oxygens (including phenoxy) is 6. The monoisotopic (exact) mass is 1180 g/mol. The number of H-pyrrole nitrogens is 2. The van der Waals surface area contributed by atoms with Gasteiger partial charge in [0.25, 0.3) is 0 Å². The Morgan fingerprint density at radius 3 is 0.963 bits per heavy atom. The van der Waals surface area contributed by atoms with Gasteiger partial charge in [0.05, 0.1) is 31.7 Å². The molecular weight excluding hydrogens is 1080 g/mol. The summed E-state index contributed by atoms with van der Waals surface area (Å²) < 4.78 is 55.2. The third-order valence-electron chi connectivity index (χ3n) is 10.9. The molecule has 26 heteroatoms. The van der Waals surface area contributed by atoms with Crippen LogP contribution in [-0.2, 0) is 66.8 Å². The highest BCUT2D eigenvalue weighted by molar-refractivity contribution is 5.77. The number of carboxylic acids is 2. The van der Waals surface area contributed by atoms with Crippen LogP contribution in [0.5, 0.6) is 0 Å². The van der Waals surface area contributed by atoms with E-state index in [0.717, 1.165) is 141 Å². The van der Waals surface area contributed by atoms with Crippen molar-refractivity contribution in [2.75, 3.05) is 37.9 Å². The molecule has 0 unspecified atom stereocenters. The van der Waals surface area contributed by atoms with Crippen molar-refractivity contribution in [3.05, 3.63) is 45.0 Å². The molecule has 0 saturated carbocycles. The van der Waals surface area contributed by atoms with E-state index in [0.29, 0.717) is 0 Å². The van der Waals surface area contributed by atoms with Gasteiger partial charge in [0.1, 0.15) is 38.1 Å². The number of aromatic nitrogens is 4. The molecule has 0 fully saturated rings. The van der Waals surface area contributed by atoms with Gasteiger partial charge in [0.2, 0.25) is 0 Å². The smallest absolute Gasteiger partial charge is 0.346 e. The standard InChI is InChI=1S/2C23H40O8.2C4H4FN3O.2CH4/c2*1-3-5-7-9-11-13-21(26)29-17-19(31-23(28)16-15-20(24)25)18-30-22(27)14-12-10-8-6-4-2;2*5-2-1-7-4(9)8-3(2)6;;/h2*19H,3-18H2,1-2H3,(H,24,25);2*1H,(H3,6,7,8,9);2*1H4/p-1. The topological polar surface area (TPSA) is 379 Å². The van der Waals surface area contributed by atoms with Crippen molar-refractivity contribution < 1.29 is 85.8 Å². The van der Waals surface area contributed by atoms with E-state index in [1.165, 1.54) is 0 Å². The lowest BCUT2D eigenvalue weighted by atomic mass is 10.1. The first-order valence-electron chi connectivity index (χ1n) is 27.6. The lowest BCUT2D eigenvalue weighted by Gasteiger charge is -2.18. The Labute approximate surface area is 481 Å². The van der Waals surface area contributed by atoms with Crippen LogP contribution in [-0.4, -0.2) is 111 Å². The van der Waals surface area contributed by atoms with Gasteiger partial charge in [-0.2, -0.15) is 9.97 Å². The molecule has 82 heavy (non-hydrogen) atoms. The van der Waals surface area contributed by atoms with Crippen LogP contribution in [0, 0.1) is 11.6 Å². The molecule has 0 saturated heterocycles. The van der Waals surface area contributed by atoms with Crippen LogP contribution < -0.4 is 28.0 Å². The Balaban J connectivity index is -0.000000555. The second kappa shape index (κ2) is 54.6. The Morgan fingerprint density at radius 1 is 0.463 bits per heavy atom. The minimum Gasteiger partial charge on any atom is -0.550 e. The molecule has 0 amide bonds. The normalized spacial score (nSPS) is 10.1. The average molecular weight is 1180 g/mol. The number of hydrogen-bond acceptors (Lipinski definition) is 21. The van der Waals surface area contributed by atoms with E-state index in [1.54, 1.807) is 0 Å². The zero-order chi connectivity index (χ0) is 60.4. The number of unbranched alkanes of at least 4 members (excludes halogenated alkanes) is 16. The molecule has 0 aromatic carbocycles. The average Bonchev–Trinajstić information content (AvgIpc) is 3.41. The molecule has 2 aromatic heterocycles. The largest absolute Gasteiger partial charge is 0.550 e. The fraction of sp³-hybridized carbons (Fsp3) is 0.714. The molecule has 7 N–H and O–H groups in total. The number of nitrogens with two attached hydrogens (primary N) is 2. The number of nitrogens with zero attached hydrogens (tertiary/aromatic N) is 2. The molecule has 0 aliphatic heterocycles. The summed E-state index contributed by atoms with van der Waals surface area (Å²) in [7, 11) is 0. The van der Waals surface area contributed by atoms with Gasteiger partial charge < -0.3 is 54.9 Å². The predicted molar refractivity (Wildman–Crippen MR) is 300 cm³/mol. The summed E-state index contributed by atoms with van der Waals surface area (Å²) in [6.07, 6.45) is 19.2. The number of esters is 6. The first-order valence-corrected chi connectivity index (χ1v) is 27.6. The molecule has 0 atom stereocenters. The molecule has 0 radical (unpaired) electrons. The second-order valence-electron chi connectivity index (χ2n) is 18.3. The third kappa shape index (κ3) is 52.4. The zero-order valence-electron chi connectivity index (χ0n) is 47.1. The van der Waals surface area contributed by atoms with Crippen LogP contribution in [0.15, 0.2) is 22.0 Å². The Hall–Kier alpha value is -7.02. The maximum absolute atomic E-state index is 12.1. The summed E-state index contributed by atoms with van der Waals surface area (Å²) in [6.45, 7) is 7.52. The van der Waals surface area contributed by atoms with Crippen molar-refractivity contribution in [3.8, 4) is 0 Å². The number of carbonyl (C=O) groups excluding carboxylic acids is 7. The predicted octanol–water partition coefficient (Wildman–Crippen LogP) is 8.06. The molecule has 0 aliphatic rings. The maximum atomic E-state index is 12.1. The van der Waals surface area contributed by atoms with Gasteiger partial charge in [-0.05, 0) is 32.1 Å². The summed E-state index contributed by atoms with van der Waals surface area (Å²) in [6, 6.07) is 0. The quantitative estimate of drug-likeness (QED) is 0.0239. The van der Waals surface area contributed by atoms with Gasteiger partial charge in [-0.3, -0.25) is 43.5 Å². The number of nitrogens with one attached hydrogen (secondary N) is 2. The number of anilines is 2. The van der Waals surface area contributed by atoms with Crippen molar-refractivity contribution in [2.45, 2.75) is 235 Å². The number of carboxylic acid groups (broad SMARTS) is 2. The van der Waals surface area contributed by atoms with E-state index in [1.807, 2.05) is 9.97 Å². The van der Waals surface area contributed by atoms with Gasteiger partial charge in [-0.1, -0.05) is 145 Å². The number of aromatic amines is 2. The number of rotatable bonds is 40. The Kier molecular flexibility index (Phi) is 54.2. The first-order chi connectivity index (χ1) is 38.2. The molecule has 0 spiro atoms. The SMILES string of the molecule is C.C.CCCCCCCC(=O)OCC(COC(=O)CCCCCCC)OC(=O)CCC(=O)O.CCCCCCCC(=O)OCC(COC(=O)CCCCCCC)OC(=O)CCC(=O)[O-].Nc1[nH]c(=O)ncc1F.Nc1[nH]c(=O)ncc1F. The van der Waals surface area contributed by atoms with Crippen molar-refractivity contribution in [1.29, 1.82) is 0 Å². The Morgan fingerprint density at radius 2 is 0.732 bits per heavy atom. The number of halogens is 2. The third-order valence-corrected chi connectivity index (χ3v) is 10.9. The molecular formula is C56H95F2N6O18-. The first kappa shape index (κ1) is 81.5. The fourth-order valence-corrected chi connectivity index (χ4v) is 6.44. The molecule has 0 bridgehead atoms. The van der Waals surface area contributed by atoms with Gasteiger partial charge in [-0.15, -0.1) is 0 Å². The molecule has 2 aromatic rings. The highest BCUT2D eigenvalue weighted by Crippen LogP contribution is 2.12. The summed E-state index contributed by atoms with van der Waals surface area (Å²) in [5.41, 5.74) is 8.61. The van der Waals surface area contributed by atoms with Crippen LogP contribution in [0.2, 0.25) is 0 Å². The van der Waals surface area contributed by atoms with Gasteiger partial charge in [-0.25, -0.2) is 18.4 Å². The summed E-state index contributed by atoms with van der Waals surface area (Å²) in [4.78, 5) is 123. The van der Waals surface area contributed by atoms with Gasteiger partial charge in [0, 0.05) is 31.7 Å². The molecule has 2 rings (SSSR count). The second-order valence-corrected chi connectivity index (χ2v) is 18.3. The van der Waals surface area contributed by atoms with Crippen molar-refractivity contribution in [2.24, 2.45) is 0 Å². The van der Waals surface area contributed by atoms with E-state index in [-0.39, 0.29) is 97.9 Å². The molecule has 472 valence electrons. The molecule has 2 heterocycles. The van der Waals surface area contributed by atoms with E-state index >= 15 is 0 Å². The minimum atomic E-state index is -1.36. The number of hydrogen-bond donors (Lipinski definition) is 5. The van der Waals surface area contributed by atoms with E-state index in [4.69, 9.17) is 45.0 Å². The number of carbonyl (C=O) groups is 8. The lowest BCUT2D eigenvalue weighted by Crippen LogP contribution is -2.31. The van der Waals surface area contributed by atoms with Gasteiger partial charge in [0.15, 0.2) is 23.8 Å². The maximum Gasteiger partial charge on any atom is 0.346 e. The van der Waals surface area contributed by atoms with Crippen molar-refractivity contribution in [3.63, 3.8) is 0 Å². The van der Waals surface area contributed by atoms with E-state index in [2.05, 4.69) is 37.7 Å². The molecule has 24 nitrogen and oxygen atoms in total. The van der Waals surface area contributed by atoms with Crippen LogP contribution in [0.4, 0.5) is 20.4 Å². The van der Waals surface area contributed by atoms with Crippen LogP contribution in [0.3, 0.4) is 0 Å².